The molecule has 0 aliphatic carbocycles. The lowest BCUT2D eigenvalue weighted by atomic mass is 10.1. The van der Waals surface area contributed by atoms with Crippen LogP contribution in [-0.4, -0.2) is 16.9 Å². The van der Waals surface area contributed by atoms with Crippen LogP contribution in [0.15, 0.2) is 53.0 Å². The smallest absolute Gasteiger partial charge is 0.328 e. The molecule has 96 valence electrons. The summed E-state index contributed by atoms with van der Waals surface area (Å²) < 4.78 is 5.36. The first-order chi connectivity index (χ1) is 9.15. The van der Waals surface area contributed by atoms with Crippen molar-refractivity contribution in [2.24, 2.45) is 0 Å². The summed E-state index contributed by atoms with van der Waals surface area (Å²) in [6.07, 6.45) is 2.49. The largest absolute Gasteiger partial charge is 0.478 e. The van der Waals surface area contributed by atoms with E-state index in [4.69, 9.17) is 9.52 Å². The molecule has 2 aromatic rings. The molecule has 0 saturated heterocycles. The third kappa shape index (κ3) is 3.67. The number of rotatable bonds is 5. The summed E-state index contributed by atoms with van der Waals surface area (Å²) in [5, 5.41) is 8.49. The lowest BCUT2D eigenvalue weighted by Crippen LogP contribution is -2.01. The Morgan fingerprint density at radius 1 is 1.11 bits per heavy atom. The minimum atomic E-state index is -1.04. The molecule has 0 fully saturated rings. The summed E-state index contributed by atoms with van der Waals surface area (Å²) in [4.78, 5) is 22.3. The van der Waals surface area contributed by atoms with Gasteiger partial charge in [-0.3, -0.25) is 4.79 Å². The Balaban J connectivity index is 2.04. The van der Waals surface area contributed by atoms with Crippen molar-refractivity contribution < 1.29 is 19.1 Å². The van der Waals surface area contributed by atoms with E-state index in [-0.39, 0.29) is 12.2 Å². The van der Waals surface area contributed by atoms with Crippen LogP contribution < -0.4 is 0 Å². The number of carboxylic acids is 1. The molecule has 0 saturated carbocycles. The molecule has 0 radical (unpaired) electrons. The second-order valence-electron chi connectivity index (χ2n) is 3.94. The topological polar surface area (TPSA) is 67.5 Å². The molecular formula is C15H12O4. The zero-order valence-electron chi connectivity index (χ0n) is 10.1. The molecule has 0 bridgehead atoms. The normalized spacial score (nSPS) is 10.7. The molecule has 0 amide bonds. The van der Waals surface area contributed by atoms with Gasteiger partial charge in [0.05, 0.1) is 6.42 Å². The van der Waals surface area contributed by atoms with Gasteiger partial charge in [0.2, 0.25) is 0 Å². The Labute approximate surface area is 110 Å². The number of furan rings is 1. The monoisotopic (exact) mass is 256 g/mol. The maximum absolute atomic E-state index is 11.9. The van der Waals surface area contributed by atoms with Crippen molar-refractivity contribution in [1.29, 1.82) is 0 Å². The average molecular weight is 256 g/mol. The van der Waals surface area contributed by atoms with E-state index in [1.807, 2.05) is 6.07 Å². The summed E-state index contributed by atoms with van der Waals surface area (Å²) in [6.45, 7) is 0. The SMILES string of the molecule is O=C(O)C=Cc1ccc(CC(=O)c2ccccc2)o1. The van der Waals surface area contributed by atoms with Gasteiger partial charge in [0.1, 0.15) is 11.5 Å². The Morgan fingerprint density at radius 3 is 2.53 bits per heavy atom. The number of carbonyl (C=O) groups is 2. The Bertz CT molecular complexity index is 608. The number of ketones is 1. The molecule has 4 nitrogen and oxygen atoms in total. The fourth-order valence-corrected chi connectivity index (χ4v) is 1.62. The van der Waals surface area contributed by atoms with Crippen molar-refractivity contribution in [3.8, 4) is 0 Å². The molecule has 19 heavy (non-hydrogen) atoms. The first kappa shape index (κ1) is 12.8. The van der Waals surface area contributed by atoms with Gasteiger partial charge in [-0.15, -0.1) is 0 Å². The molecule has 0 spiro atoms. The minimum absolute atomic E-state index is 0.0382. The highest BCUT2D eigenvalue weighted by Gasteiger charge is 2.09. The van der Waals surface area contributed by atoms with Crippen LogP contribution in [0, 0.1) is 0 Å². The van der Waals surface area contributed by atoms with Crippen LogP contribution in [0.4, 0.5) is 0 Å². The number of carbonyl (C=O) groups excluding carboxylic acids is 1. The van der Waals surface area contributed by atoms with Gasteiger partial charge in [0.15, 0.2) is 5.78 Å². The van der Waals surface area contributed by atoms with E-state index in [0.29, 0.717) is 17.1 Å². The second-order valence-corrected chi connectivity index (χ2v) is 3.94. The van der Waals surface area contributed by atoms with Gasteiger partial charge < -0.3 is 9.52 Å². The van der Waals surface area contributed by atoms with Gasteiger partial charge in [-0.25, -0.2) is 4.79 Å². The maximum atomic E-state index is 11.9. The van der Waals surface area contributed by atoms with E-state index in [0.717, 1.165) is 6.08 Å². The molecule has 0 atom stereocenters. The van der Waals surface area contributed by atoms with Crippen molar-refractivity contribution in [3.63, 3.8) is 0 Å². The second kappa shape index (κ2) is 5.82. The summed E-state index contributed by atoms with van der Waals surface area (Å²) in [6, 6.07) is 12.2. The van der Waals surface area contributed by atoms with Crippen LogP contribution in [0.25, 0.3) is 6.08 Å². The standard InChI is InChI=1S/C15H12O4/c16-14(11-4-2-1-3-5-11)10-13-7-6-12(19-13)8-9-15(17)18/h1-9H,10H2,(H,17,18). The third-order valence-corrected chi connectivity index (χ3v) is 2.50. The van der Waals surface area contributed by atoms with Crippen LogP contribution >= 0.6 is 0 Å². The number of hydrogen-bond acceptors (Lipinski definition) is 3. The fourth-order valence-electron chi connectivity index (χ4n) is 1.62. The molecular weight excluding hydrogens is 244 g/mol. The average Bonchev–Trinajstić information content (AvgIpc) is 2.85. The van der Waals surface area contributed by atoms with E-state index in [9.17, 15) is 9.59 Å². The van der Waals surface area contributed by atoms with Gasteiger partial charge in [-0.05, 0) is 18.2 Å². The molecule has 0 aliphatic heterocycles. The van der Waals surface area contributed by atoms with Crippen molar-refractivity contribution >= 4 is 17.8 Å². The van der Waals surface area contributed by atoms with E-state index < -0.39 is 5.97 Å². The van der Waals surface area contributed by atoms with Crippen molar-refractivity contribution in [3.05, 3.63) is 65.6 Å². The number of carboxylic acid groups (broad SMARTS) is 1. The van der Waals surface area contributed by atoms with E-state index >= 15 is 0 Å². The van der Waals surface area contributed by atoms with Gasteiger partial charge >= 0.3 is 5.97 Å². The highest BCUT2D eigenvalue weighted by molar-refractivity contribution is 5.97. The Morgan fingerprint density at radius 2 is 1.84 bits per heavy atom. The molecule has 1 aromatic carbocycles. The van der Waals surface area contributed by atoms with E-state index in [2.05, 4.69) is 0 Å². The lowest BCUT2D eigenvalue weighted by molar-refractivity contribution is -0.131. The maximum Gasteiger partial charge on any atom is 0.328 e. The molecule has 2 rings (SSSR count). The summed E-state index contributed by atoms with van der Waals surface area (Å²) in [7, 11) is 0. The van der Waals surface area contributed by atoms with Crippen LogP contribution in [0.2, 0.25) is 0 Å². The van der Waals surface area contributed by atoms with Crippen molar-refractivity contribution in [1.82, 2.24) is 0 Å². The Hall–Kier alpha value is -2.62. The summed E-state index contributed by atoms with van der Waals surface area (Å²) >= 11 is 0. The fraction of sp³-hybridized carbons (Fsp3) is 0.0667. The molecule has 1 N–H and O–H groups in total. The Kier molecular flexibility index (Phi) is 3.93. The number of hydrogen-bond donors (Lipinski definition) is 1. The molecule has 1 aromatic heterocycles. The highest BCUT2D eigenvalue weighted by atomic mass is 16.4. The number of aliphatic carboxylic acids is 1. The van der Waals surface area contributed by atoms with Crippen LogP contribution in [0.5, 0.6) is 0 Å². The molecule has 4 heteroatoms. The summed E-state index contributed by atoms with van der Waals surface area (Å²) in [5.41, 5.74) is 0.626. The van der Waals surface area contributed by atoms with Crippen LogP contribution in [0.1, 0.15) is 21.9 Å². The van der Waals surface area contributed by atoms with Crippen LogP contribution in [0.3, 0.4) is 0 Å². The third-order valence-electron chi connectivity index (χ3n) is 2.50. The first-order valence-corrected chi connectivity index (χ1v) is 5.73. The first-order valence-electron chi connectivity index (χ1n) is 5.73. The van der Waals surface area contributed by atoms with Gasteiger partial charge in [-0.2, -0.15) is 0 Å². The van der Waals surface area contributed by atoms with Gasteiger partial charge in [-0.1, -0.05) is 30.3 Å². The minimum Gasteiger partial charge on any atom is -0.478 e. The zero-order valence-corrected chi connectivity index (χ0v) is 10.1. The van der Waals surface area contributed by atoms with Gasteiger partial charge in [0.25, 0.3) is 0 Å². The zero-order chi connectivity index (χ0) is 13.7. The molecule has 1 heterocycles. The molecule has 0 aliphatic rings. The van der Waals surface area contributed by atoms with Crippen molar-refractivity contribution in [2.45, 2.75) is 6.42 Å². The van der Waals surface area contributed by atoms with Crippen molar-refractivity contribution in [2.75, 3.05) is 0 Å². The number of benzene rings is 1. The predicted octanol–water partition coefficient (Wildman–Crippen LogP) is 2.80. The van der Waals surface area contributed by atoms with E-state index in [1.165, 1.54) is 6.08 Å². The number of Topliss-reactive ketones (excluding diaryl/α,β-unsaturated/α-hetero) is 1. The quantitative estimate of drug-likeness (QED) is 0.659. The van der Waals surface area contributed by atoms with E-state index in [1.54, 1.807) is 36.4 Å². The summed E-state index contributed by atoms with van der Waals surface area (Å²) in [5.74, 6) is -0.154. The lowest BCUT2D eigenvalue weighted by Gasteiger charge is -1.97. The highest BCUT2D eigenvalue weighted by Crippen LogP contribution is 2.13. The molecule has 0 unspecified atom stereocenters. The van der Waals surface area contributed by atoms with Crippen LogP contribution in [-0.2, 0) is 11.2 Å². The van der Waals surface area contributed by atoms with Gasteiger partial charge in [0, 0.05) is 11.6 Å². The predicted molar refractivity (Wildman–Crippen MR) is 69.9 cm³/mol.